The number of ketones is 1. The van der Waals surface area contributed by atoms with Crippen LogP contribution in [0.5, 0.6) is 0 Å². The molecule has 2 aliphatic carbocycles. The molecule has 2 aliphatic rings. The van der Waals surface area contributed by atoms with E-state index < -0.39 is 0 Å². The smallest absolute Gasteiger partial charge is 0.139 e. The molecule has 0 aliphatic heterocycles. The highest BCUT2D eigenvalue weighted by Crippen LogP contribution is 2.61. The second-order valence-corrected chi connectivity index (χ2v) is 3.77. The van der Waals surface area contributed by atoms with Gasteiger partial charge in [-0.2, -0.15) is 0 Å². The summed E-state index contributed by atoms with van der Waals surface area (Å²) in [6.45, 7) is 2.03. The van der Waals surface area contributed by atoms with Gasteiger partial charge < -0.3 is 0 Å². The molecule has 0 aromatic heterocycles. The van der Waals surface area contributed by atoms with Crippen LogP contribution in [0.4, 0.5) is 0 Å². The Labute approximate surface area is 67.5 Å². The van der Waals surface area contributed by atoms with Crippen molar-refractivity contribution in [3.8, 4) is 0 Å². The van der Waals surface area contributed by atoms with E-state index in [1.54, 1.807) is 0 Å². The molecule has 0 heterocycles. The third-order valence-electron chi connectivity index (χ3n) is 3.14. The maximum Gasteiger partial charge on any atom is 0.139 e. The van der Waals surface area contributed by atoms with E-state index in [0.29, 0.717) is 11.7 Å². The van der Waals surface area contributed by atoms with Crippen LogP contribution in [0, 0.1) is 11.3 Å². The Morgan fingerprint density at radius 3 is 3.00 bits per heavy atom. The molecule has 60 valence electrons. The fourth-order valence-corrected chi connectivity index (χ4v) is 2.38. The Morgan fingerprint density at radius 2 is 2.45 bits per heavy atom. The molecule has 0 bridgehead atoms. The first-order valence-corrected chi connectivity index (χ1v) is 4.46. The molecule has 1 nitrogen and oxygen atoms in total. The van der Waals surface area contributed by atoms with Crippen LogP contribution in [0.3, 0.4) is 0 Å². The summed E-state index contributed by atoms with van der Waals surface area (Å²) in [5, 5.41) is 0. The van der Waals surface area contributed by atoms with Crippen molar-refractivity contribution in [3.63, 3.8) is 0 Å². The van der Waals surface area contributed by atoms with Crippen LogP contribution in [-0.4, -0.2) is 5.78 Å². The van der Waals surface area contributed by atoms with E-state index in [0.717, 1.165) is 25.7 Å². The molecule has 0 N–H and O–H groups in total. The topological polar surface area (TPSA) is 17.1 Å². The van der Waals surface area contributed by atoms with Crippen molar-refractivity contribution in [1.82, 2.24) is 0 Å². The predicted molar refractivity (Wildman–Crippen MR) is 44.2 cm³/mol. The first kappa shape index (κ1) is 7.08. The van der Waals surface area contributed by atoms with Crippen molar-refractivity contribution in [3.05, 3.63) is 12.2 Å². The maximum absolute atomic E-state index is 11.4. The summed E-state index contributed by atoms with van der Waals surface area (Å²) in [5.41, 5.74) is 0.145. The minimum atomic E-state index is 0.145. The SMILES string of the molecule is C/C=C/[13C@@H]1C[C@]12CCCC2=O. The van der Waals surface area contributed by atoms with Crippen LogP contribution in [0.2, 0.25) is 0 Å². The van der Waals surface area contributed by atoms with Gasteiger partial charge in [0, 0.05) is 11.8 Å². The molecule has 0 aromatic carbocycles. The predicted octanol–water partition coefficient (Wildman–Crippen LogP) is 2.32. The van der Waals surface area contributed by atoms with Crippen molar-refractivity contribution in [2.24, 2.45) is 11.3 Å². The number of hydrogen-bond acceptors (Lipinski definition) is 1. The zero-order valence-electron chi connectivity index (χ0n) is 6.97. The zero-order chi connectivity index (χ0) is 7.90. The van der Waals surface area contributed by atoms with Gasteiger partial charge in [0.25, 0.3) is 0 Å². The lowest BCUT2D eigenvalue weighted by atomic mass is 10.1. The minimum Gasteiger partial charge on any atom is -0.299 e. The molecule has 1 spiro atoms. The van der Waals surface area contributed by atoms with E-state index in [2.05, 4.69) is 12.2 Å². The number of carbonyl (C=O) groups is 1. The molecule has 0 radical (unpaired) electrons. The van der Waals surface area contributed by atoms with Crippen molar-refractivity contribution >= 4 is 5.78 Å². The molecule has 11 heavy (non-hydrogen) atoms. The molecule has 2 saturated carbocycles. The van der Waals surface area contributed by atoms with Gasteiger partial charge in [0.05, 0.1) is 0 Å². The van der Waals surface area contributed by atoms with Gasteiger partial charge in [-0.05, 0) is 32.1 Å². The van der Waals surface area contributed by atoms with E-state index in [1.165, 1.54) is 0 Å². The van der Waals surface area contributed by atoms with E-state index in [-0.39, 0.29) is 5.41 Å². The average molecular weight is 151 g/mol. The van der Waals surface area contributed by atoms with Gasteiger partial charge in [0.15, 0.2) is 0 Å². The van der Waals surface area contributed by atoms with Crippen molar-refractivity contribution in [2.45, 2.75) is 32.6 Å². The van der Waals surface area contributed by atoms with Crippen LogP contribution in [0.15, 0.2) is 12.2 Å². The highest BCUT2D eigenvalue weighted by Gasteiger charge is 2.59. The number of hydrogen-bond donors (Lipinski definition) is 0. The van der Waals surface area contributed by atoms with E-state index in [9.17, 15) is 4.79 Å². The molecule has 0 unspecified atom stereocenters. The first-order valence-electron chi connectivity index (χ1n) is 4.46. The average Bonchev–Trinajstić information content (AvgIpc) is 2.53. The van der Waals surface area contributed by atoms with Crippen molar-refractivity contribution in [1.29, 1.82) is 0 Å². The third kappa shape index (κ3) is 0.867. The van der Waals surface area contributed by atoms with E-state index >= 15 is 0 Å². The van der Waals surface area contributed by atoms with Crippen LogP contribution >= 0.6 is 0 Å². The zero-order valence-corrected chi connectivity index (χ0v) is 6.97. The van der Waals surface area contributed by atoms with Crippen LogP contribution in [0.1, 0.15) is 32.6 Å². The first-order chi connectivity index (χ1) is 5.29. The molecule has 2 atom stereocenters. The summed E-state index contributed by atoms with van der Waals surface area (Å²) in [6.07, 6.45) is 8.53. The molecule has 2 fully saturated rings. The summed E-state index contributed by atoms with van der Waals surface area (Å²) in [4.78, 5) is 11.4. The lowest BCUT2D eigenvalue weighted by molar-refractivity contribution is -0.122. The lowest BCUT2D eigenvalue weighted by Gasteiger charge is -2.01. The highest BCUT2D eigenvalue weighted by molar-refractivity contribution is 5.90. The quantitative estimate of drug-likeness (QED) is 0.415. The maximum atomic E-state index is 11.4. The fourth-order valence-electron chi connectivity index (χ4n) is 2.38. The van der Waals surface area contributed by atoms with E-state index in [1.807, 2.05) is 6.92 Å². The molecular formula is C10H14O. The molecule has 0 aromatic rings. The van der Waals surface area contributed by atoms with Gasteiger partial charge in [-0.25, -0.2) is 0 Å². The van der Waals surface area contributed by atoms with E-state index in [4.69, 9.17) is 0 Å². The normalized spacial score (nSPS) is 42.6. The Morgan fingerprint density at radius 1 is 1.64 bits per heavy atom. The lowest BCUT2D eigenvalue weighted by Crippen LogP contribution is -2.08. The van der Waals surface area contributed by atoms with Crippen molar-refractivity contribution in [2.75, 3.05) is 0 Å². The van der Waals surface area contributed by atoms with Crippen molar-refractivity contribution < 1.29 is 4.79 Å². The number of rotatable bonds is 1. The third-order valence-corrected chi connectivity index (χ3v) is 3.14. The van der Waals surface area contributed by atoms with Gasteiger partial charge in [-0.3, -0.25) is 4.79 Å². The Kier molecular flexibility index (Phi) is 1.41. The van der Waals surface area contributed by atoms with Crippen LogP contribution < -0.4 is 0 Å². The number of allylic oxidation sites excluding steroid dienone is 2. The Balaban J connectivity index is 2.10. The number of Topliss-reactive ketones (excluding diaryl/α,β-unsaturated/α-hetero) is 1. The molecule has 2 rings (SSSR count). The van der Waals surface area contributed by atoms with Gasteiger partial charge >= 0.3 is 0 Å². The summed E-state index contributed by atoms with van der Waals surface area (Å²) in [5.74, 6) is 1.13. The molecule has 0 saturated heterocycles. The summed E-state index contributed by atoms with van der Waals surface area (Å²) in [6, 6.07) is 0. The summed E-state index contributed by atoms with van der Waals surface area (Å²) >= 11 is 0. The van der Waals surface area contributed by atoms with Gasteiger partial charge in [0.2, 0.25) is 0 Å². The molecule has 0 amide bonds. The standard InChI is InChI=1S/C10H14O/c1-2-4-8-7-10(8)6-3-5-9(10)11/h2,4,8H,3,5-7H2,1H3/b4-2+/t8-,10-/m1/s1/i8+1. The highest BCUT2D eigenvalue weighted by atomic mass is 16.1. The second-order valence-electron chi connectivity index (χ2n) is 3.77. The minimum absolute atomic E-state index is 0.145. The Bertz CT molecular complexity index is 217. The largest absolute Gasteiger partial charge is 0.299 e. The molecular weight excluding hydrogens is 137 g/mol. The summed E-state index contributed by atoms with van der Waals surface area (Å²) < 4.78 is 0. The van der Waals surface area contributed by atoms with Gasteiger partial charge in [-0.1, -0.05) is 12.2 Å². The summed E-state index contributed by atoms with van der Waals surface area (Å²) in [7, 11) is 0. The Hall–Kier alpha value is -0.590. The van der Waals surface area contributed by atoms with Crippen LogP contribution in [-0.2, 0) is 4.79 Å². The van der Waals surface area contributed by atoms with Gasteiger partial charge in [0.1, 0.15) is 5.78 Å². The number of carbonyl (C=O) groups excluding carboxylic acids is 1. The monoisotopic (exact) mass is 151 g/mol. The molecule has 1 heteroatoms. The fraction of sp³-hybridized carbons (Fsp3) is 0.700. The second kappa shape index (κ2) is 2.20. The van der Waals surface area contributed by atoms with Crippen LogP contribution in [0.25, 0.3) is 0 Å². The van der Waals surface area contributed by atoms with Gasteiger partial charge in [-0.15, -0.1) is 0 Å².